The van der Waals surface area contributed by atoms with Crippen LogP contribution >= 0.6 is 0 Å². The number of aryl methyl sites for hydroxylation is 2. The molecule has 0 atom stereocenters. The second kappa shape index (κ2) is 9.28. The second-order valence-corrected chi connectivity index (χ2v) is 9.05. The number of hydrogen-bond donors (Lipinski definition) is 1. The number of fused-ring (bicyclic) bond motifs is 1. The summed E-state index contributed by atoms with van der Waals surface area (Å²) in [4.78, 5) is 24.1. The molecule has 144 valence electrons. The molecule has 0 aliphatic heterocycles. The van der Waals surface area contributed by atoms with E-state index in [4.69, 9.17) is 0 Å². The first-order chi connectivity index (χ1) is 12.3. The number of sulfonamides is 1. The average molecular weight is 381 g/mol. The van der Waals surface area contributed by atoms with Crippen LogP contribution in [0.25, 0.3) is 0 Å². The summed E-state index contributed by atoms with van der Waals surface area (Å²) in [5, 5.41) is 2.74. The van der Waals surface area contributed by atoms with E-state index >= 15 is 0 Å². The molecule has 1 aliphatic carbocycles. The molecule has 0 bridgehead atoms. The van der Waals surface area contributed by atoms with Crippen LogP contribution in [-0.2, 0) is 27.7 Å². The third-order valence-electron chi connectivity index (χ3n) is 4.81. The molecule has 1 aliphatic rings. The molecule has 0 radical (unpaired) electrons. The summed E-state index contributed by atoms with van der Waals surface area (Å²) in [7, 11) is -1.64. The summed E-state index contributed by atoms with van der Waals surface area (Å²) in [6.45, 7) is 2.37. The molecular formula is C19H28N2O4S. The van der Waals surface area contributed by atoms with E-state index in [1.807, 2.05) is 18.2 Å². The van der Waals surface area contributed by atoms with Gasteiger partial charge in [-0.25, -0.2) is 12.7 Å². The van der Waals surface area contributed by atoms with Gasteiger partial charge < -0.3 is 5.32 Å². The van der Waals surface area contributed by atoms with Gasteiger partial charge in [-0.3, -0.25) is 9.59 Å². The van der Waals surface area contributed by atoms with Crippen molar-refractivity contribution >= 4 is 21.7 Å². The van der Waals surface area contributed by atoms with Gasteiger partial charge in [0.15, 0.2) is 5.78 Å². The minimum atomic E-state index is -3.18. The number of Topliss-reactive ketones (excluding diaryl/α,β-unsaturated/α-hetero) is 1. The lowest BCUT2D eigenvalue weighted by atomic mass is 10.0. The van der Waals surface area contributed by atoms with Crippen molar-refractivity contribution in [3.8, 4) is 0 Å². The molecule has 1 aromatic rings. The first kappa shape index (κ1) is 20.6. The number of ketones is 1. The van der Waals surface area contributed by atoms with Gasteiger partial charge in [0.1, 0.15) is 0 Å². The molecule has 6 nitrogen and oxygen atoms in total. The predicted octanol–water partition coefficient (Wildman–Crippen LogP) is 1.93. The Bertz CT molecular complexity index is 759. The van der Waals surface area contributed by atoms with Gasteiger partial charge in [0.2, 0.25) is 15.9 Å². The van der Waals surface area contributed by atoms with E-state index in [1.54, 1.807) is 6.92 Å². The lowest BCUT2D eigenvalue weighted by Gasteiger charge is -2.15. The Morgan fingerprint density at radius 1 is 1.15 bits per heavy atom. The highest BCUT2D eigenvalue weighted by Crippen LogP contribution is 2.23. The Labute approximate surface area is 156 Å². The summed E-state index contributed by atoms with van der Waals surface area (Å²) < 4.78 is 24.5. The van der Waals surface area contributed by atoms with Crippen molar-refractivity contribution in [3.05, 3.63) is 34.9 Å². The predicted molar refractivity (Wildman–Crippen MR) is 102 cm³/mol. The van der Waals surface area contributed by atoms with Gasteiger partial charge in [-0.2, -0.15) is 0 Å². The molecule has 0 saturated carbocycles. The Balaban J connectivity index is 1.68. The molecule has 1 amide bonds. The summed E-state index contributed by atoms with van der Waals surface area (Å²) in [6, 6.07) is 5.84. The molecule has 1 N–H and O–H groups in total. The molecule has 0 heterocycles. The molecule has 26 heavy (non-hydrogen) atoms. The summed E-state index contributed by atoms with van der Waals surface area (Å²) in [5.41, 5.74) is 3.27. The summed E-state index contributed by atoms with van der Waals surface area (Å²) in [5.74, 6) is -0.121. The van der Waals surface area contributed by atoms with Gasteiger partial charge in [0.25, 0.3) is 0 Å². The van der Waals surface area contributed by atoms with Crippen LogP contribution in [0, 0.1) is 0 Å². The fourth-order valence-electron chi connectivity index (χ4n) is 3.09. The number of carbonyl (C=O) groups is 2. The highest BCUT2D eigenvalue weighted by atomic mass is 32.2. The van der Waals surface area contributed by atoms with Crippen molar-refractivity contribution in [2.75, 3.05) is 25.9 Å². The molecule has 1 aromatic carbocycles. The third-order valence-corrected chi connectivity index (χ3v) is 6.67. The van der Waals surface area contributed by atoms with Crippen molar-refractivity contribution in [2.45, 2.75) is 45.4 Å². The fourth-order valence-corrected chi connectivity index (χ4v) is 3.94. The first-order valence-electron chi connectivity index (χ1n) is 9.19. The number of nitrogens with one attached hydrogen (secondary N) is 1. The number of nitrogens with zero attached hydrogens (tertiary/aromatic N) is 1. The van der Waals surface area contributed by atoms with Gasteiger partial charge >= 0.3 is 0 Å². The second-order valence-electron chi connectivity index (χ2n) is 6.69. The van der Waals surface area contributed by atoms with E-state index in [2.05, 4.69) is 5.32 Å². The maximum Gasteiger partial charge on any atom is 0.220 e. The molecule has 0 fully saturated rings. The van der Waals surface area contributed by atoms with E-state index < -0.39 is 10.0 Å². The molecule has 0 unspecified atom stereocenters. The van der Waals surface area contributed by atoms with Crippen LogP contribution in [0.1, 0.15) is 54.1 Å². The third kappa shape index (κ3) is 5.64. The van der Waals surface area contributed by atoms with Crippen molar-refractivity contribution in [3.63, 3.8) is 0 Å². The quantitative estimate of drug-likeness (QED) is 0.497. The number of benzene rings is 1. The van der Waals surface area contributed by atoms with E-state index in [0.29, 0.717) is 25.1 Å². The van der Waals surface area contributed by atoms with Crippen LogP contribution in [-0.4, -0.2) is 50.3 Å². The zero-order valence-electron chi connectivity index (χ0n) is 15.6. The maximum absolute atomic E-state index is 12.3. The molecule has 2 rings (SSSR count). The van der Waals surface area contributed by atoms with Crippen LogP contribution in [0.3, 0.4) is 0 Å². The van der Waals surface area contributed by atoms with Crippen LogP contribution in [0.4, 0.5) is 0 Å². The van der Waals surface area contributed by atoms with Gasteiger partial charge in [0, 0.05) is 38.5 Å². The van der Waals surface area contributed by atoms with Crippen LogP contribution < -0.4 is 5.32 Å². The Hall–Kier alpha value is -1.73. The lowest BCUT2D eigenvalue weighted by Crippen LogP contribution is -2.32. The van der Waals surface area contributed by atoms with E-state index in [9.17, 15) is 18.0 Å². The average Bonchev–Trinajstić information content (AvgIpc) is 3.10. The maximum atomic E-state index is 12.3. The molecule has 7 heteroatoms. The standard InChI is InChI=1S/C19H28N2O4S/c1-3-26(24,25)21(2)13-5-12-20-19(23)11-10-18(22)17-9-8-15-6-4-7-16(15)14-17/h8-9,14H,3-7,10-13H2,1-2H3,(H,20,23). The van der Waals surface area contributed by atoms with Crippen molar-refractivity contribution in [1.29, 1.82) is 0 Å². The molecule has 0 saturated heterocycles. The highest BCUT2D eigenvalue weighted by Gasteiger charge is 2.16. The largest absolute Gasteiger partial charge is 0.356 e. The van der Waals surface area contributed by atoms with Gasteiger partial charge in [-0.15, -0.1) is 0 Å². The topological polar surface area (TPSA) is 83.6 Å². The van der Waals surface area contributed by atoms with E-state index in [0.717, 1.165) is 19.3 Å². The molecule has 0 aromatic heterocycles. The minimum Gasteiger partial charge on any atom is -0.356 e. The van der Waals surface area contributed by atoms with Crippen LogP contribution in [0.15, 0.2) is 18.2 Å². The highest BCUT2D eigenvalue weighted by molar-refractivity contribution is 7.89. The van der Waals surface area contributed by atoms with Gasteiger partial charge in [-0.1, -0.05) is 12.1 Å². The monoisotopic (exact) mass is 380 g/mol. The Morgan fingerprint density at radius 3 is 2.62 bits per heavy atom. The number of rotatable bonds is 10. The first-order valence-corrected chi connectivity index (χ1v) is 10.8. The lowest BCUT2D eigenvalue weighted by molar-refractivity contribution is -0.121. The van der Waals surface area contributed by atoms with E-state index in [1.165, 1.54) is 22.5 Å². The van der Waals surface area contributed by atoms with Gasteiger partial charge in [-0.05, 0) is 49.8 Å². The smallest absolute Gasteiger partial charge is 0.220 e. The molecule has 0 spiro atoms. The minimum absolute atomic E-state index is 0.0105. The van der Waals surface area contributed by atoms with Crippen molar-refractivity contribution < 1.29 is 18.0 Å². The zero-order valence-corrected chi connectivity index (χ0v) is 16.4. The van der Waals surface area contributed by atoms with Crippen molar-refractivity contribution in [2.24, 2.45) is 0 Å². The molecular weight excluding hydrogens is 352 g/mol. The number of hydrogen-bond acceptors (Lipinski definition) is 4. The summed E-state index contributed by atoms with van der Waals surface area (Å²) >= 11 is 0. The number of amides is 1. The van der Waals surface area contributed by atoms with Gasteiger partial charge in [0.05, 0.1) is 5.75 Å². The normalized spacial score (nSPS) is 13.7. The SMILES string of the molecule is CCS(=O)(=O)N(C)CCCNC(=O)CCC(=O)c1ccc2c(c1)CCC2. The van der Waals surface area contributed by atoms with E-state index in [-0.39, 0.29) is 30.3 Å². The Kier molecular flexibility index (Phi) is 7.34. The van der Waals surface area contributed by atoms with Crippen LogP contribution in [0.5, 0.6) is 0 Å². The summed E-state index contributed by atoms with van der Waals surface area (Å²) in [6.07, 6.45) is 4.14. The zero-order chi connectivity index (χ0) is 19.2. The van der Waals surface area contributed by atoms with Crippen LogP contribution in [0.2, 0.25) is 0 Å². The van der Waals surface area contributed by atoms with Crippen molar-refractivity contribution in [1.82, 2.24) is 9.62 Å². The fraction of sp³-hybridized carbons (Fsp3) is 0.579. The number of carbonyl (C=O) groups excluding carboxylic acids is 2. The Morgan fingerprint density at radius 2 is 1.88 bits per heavy atom.